The van der Waals surface area contributed by atoms with Gasteiger partial charge in [-0.2, -0.15) is 10.6 Å². The van der Waals surface area contributed by atoms with Crippen LogP contribution in [0.25, 0.3) is 0 Å². The van der Waals surface area contributed by atoms with Gasteiger partial charge in [-0.1, -0.05) is 59.7 Å². The van der Waals surface area contributed by atoms with E-state index in [9.17, 15) is 0 Å². The molecule has 76 valence electrons. The monoisotopic (exact) mass is 220 g/mol. The maximum absolute atomic E-state index is 2.24. The molecule has 2 aromatic carbocycles. The Morgan fingerprint density at radius 1 is 0.750 bits per heavy atom. The summed E-state index contributed by atoms with van der Waals surface area (Å²) in [5.41, 5.74) is 2.65. The fraction of sp³-hybridized carbons (Fsp3) is 0.143. The fourth-order valence-corrected chi connectivity index (χ4v) is 2.70. The van der Waals surface area contributed by atoms with Crippen molar-refractivity contribution in [2.24, 2.45) is 0 Å². The van der Waals surface area contributed by atoms with Crippen molar-refractivity contribution in [3.05, 3.63) is 59.7 Å². The molecule has 16 heavy (non-hydrogen) atoms. The van der Waals surface area contributed by atoms with Crippen LogP contribution in [-0.4, -0.2) is 0 Å². The van der Waals surface area contributed by atoms with Gasteiger partial charge in [-0.25, -0.2) is 0 Å². The third-order valence-corrected chi connectivity index (χ3v) is 3.33. The first-order valence-electron chi connectivity index (χ1n) is 5.09. The van der Waals surface area contributed by atoms with E-state index in [4.69, 9.17) is 0 Å². The van der Waals surface area contributed by atoms with Gasteiger partial charge < -0.3 is 8.58 Å². The molecule has 0 aliphatic rings. The smallest absolute Gasteiger partial charge is 0.472 e. The zero-order valence-corrected chi connectivity index (χ0v) is 11.0. The van der Waals surface area contributed by atoms with Crippen molar-refractivity contribution < 1.29 is 18.9 Å². The van der Waals surface area contributed by atoms with Crippen LogP contribution in [0.5, 0.6) is 0 Å². The topological polar surface area (TPSA) is 0 Å². The van der Waals surface area contributed by atoms with Crippen molar-refractivity contribution in [1.29, 1.82) is 0 Å². The molecule has 0 aliphatic carbocycles. The van der Waals surface area contributed by atoms with Crippen LogP contribution in [0.4, 0.5) is 0 Å². The molecular formula is C14H14LiP. The zero-order valence-electron chi connectivity index (χ0n) is 10.1. The molecule has 2 heteroatoms. The van der Waals surface area contributed by atoms with Crippen molar-refractivity contribution in [3.8, 4) is 0 Å². The molecule has 0 aromatic heterocycles. The number of benzene rings is 2. The van der Waals surface area contributed by atoms with Gasteiger partial charge in [0.05, 0.1) is 0 Å². The second kappa shape index (κ2) is 6.26. The molecular weight excluding hydrogens is 206 g/mol. The Hall–Kier alpha value is -0.533. The third kappa shape index (κ3) is 3.80. The largest absolute Gasteiger partial charge is 1.00 e. The van der Waals surface area contributed by atoms with Crippen LogP contribution in [0.2, 0.25) is 0 Å². The molecule has 0 amide bonds. The fourth-order valence-electron chi connectivity index (χ4n) is 1.54. The van der Waals surface area contributed by atoms with E-state index in [1.807, 2.05) is 0 Å². The molecule has 0 nitrogen and oxygen atoms in total. The minimum atomic E-state index is 0. The van der Waals surface area contributed by atoms with Crippen LogP contribution >= 0.6 is 8.58 Å². The van der Waals surface area contributed by atoms with E-state index in [1.165, 1.54) is 30.3 Å². The van der Waals surface area contributed by atoms with E-state index in [2.05, 4.69) is 62.4 Å². The van der Waals surface area contributed by atoms with Gasteiger partial charge in [0.15, 0.2) is 0 Å². The molecule has 0 atom stereocenters. The molecule has 0 N–H and O–H groups in total. The van der Waals surface area contributed by atoms with Crippen LogP contribution < -0.4 is 29.5 Å². The first kappa shape index (κ1) is 13.5. The predicted octanol–water partition coefficient (Wildman–Crippen LogP) is 0.204. The quantitative estimate of drug-likeness (QED) is 0.501. The Balaban J connectivity index is 0.00000128. The van der Waals surface area contributed by atoms with E-state index >= 15 is 0 Å². The van der Waals surface area contributed by atoms with Gasteiger partial charge in [-0.3, -0.25) is 0 Å². The summed E-state index contributed by atoms with van der Waals surface area (Å²) < 4.78 is 0. The number of hydrogen-bond donors (Lipinski definition) is 0. The van der Waals surface area contributed by atoms with Crippen LogP contribution in [0.3, 0.4) is 0 Å². The van der Waals surface area contributed by atoms with Crippen molar-refractivity contribution in [2.75, 3.05) is 0 Å². The van der Waals surface area contributed by atoms with E-state index in [0.29, 0.717) is 0 Å². The van der Waals surface area contributed by atoms with Gasteiger partial charge in [0.25, 0.3) is 0 Å². The predicted molar refractivity (Wildman–Crippen MR) is 68.5 cm³/mol. The number of aryl methyl sites for hydroxylation is 2. The molecule has 2 aromatic rings. The standard InChI is InChI=1S/C14H14P.Li/c1-11-5-3-7-13(9-11)15-14-8-4-6-12(2)10-14;/h3-10H,1-2H3;/q-1;+1. The summed E-state index contributed by atoms with van der Waals surface area (Å²) in [6.07, 6.45) is 0. The Kier molecular flexibility index (Phi) is 5.30. The van der Waals surface area contributed by atoms with Crippen molar-refractivity contribution in [1.82, 2.24) is 0 Å². The van der Waals surface area contributed by atoms with Gasteiger partial charge in [-0.15, -0.1) is 0 Å². The van der Waals surface area contributed by atoms with Gasteiger partial charge >= 0.3 is 18.9 Å². The van der Waals surface area contributed by atoms with Crippen molar-refractivity contribution in [3.63, 3.8) is 0 Å². The van der Waals surface area contributed by atoms with Crippen LogP contribution in [0.1, 0.15) is 11.1 Å². The molecule has 0 aliphatic heterocycles. The summed E-state index contributed by atoms with van der Waals surface area (Å²) in [6.45, 7) is 4.27. The summed E-state index contributed by atoms with van der Waals surface area (Å²) in [5, 5.41) is 2.72. The number of hydrogen-bond acceptors (Lipinski definition) is 0. The maximum Gasteiger partial charge on any atom is 1.00 e. The Morgan fingerprint density at radius 2 is 1.19 bits per heavy atom. The van der Waals surface area contributed by atoms with Gasteiger partial charge in [0, 0.05) is 0 Å². The zero-order chi connectivity index (χ0) is 10.7. The second-order valence-corrected chi connectivity index (χ2v) is 5.05. The average Bonchev–Trinajstić information content (AvgIpc) is 2.17. The molecule has 0 saturated heterocycles. The van der Waals surface area contributed by atoms with Crippen LogP contribution in [0, 0.1) is 13.8 Å². The Labute approximate surface area is 111 Å². The van der Waals surface area contributed by atoms with Gasteiger partial charge in [0.2, 0.25) is 0 Å². The van der Waals surface area contributed by atoms with Gasteiger partial charge in [-0.05, 0) is 13.8 Å². The molecule has 2 rings (SSSR count). The Bertz CT molecular complexity index is 422. The summed E-state index contributed by atoms with van der Waals surface area (Å²) in [7, 11) is 1.29. The summed E-state index contributed by atoms with van der Waals surface area (Å²) in [6, 6.07) is 17.3. The van der Waals surface area contributed by atoms with E-state index in [1.54, 1.807) is 0 Å². The summed E-state index contributed by atoms with van der Waals surface area (Å²) in [5.74, 6) is 0. The van der Waals surface area contributed by atoms with E-state index in [-0.39, 0.29) is 18.9 Å². The summed E-state index contributed by atoms with van der Waals surface area (Å²) >= 11 is 0. The average molecular weight is 220 g/mol. The SMILES string of the molecule is Cc1cccc([P-]c2cccc(C)c2)c1.[Li+]. The molecule has 0 spiro atoms. The van der Waals surface area contributed by atoms with Crippen molar-refractivity contribution in [2.45, 2.75) is 13.8 Å². The normalized spacial score (nSPS) is 9.62. The second-order valence-electron chi connectivity index (χ2n) is 3.79. The third-order valence-electron chi connectivity index (χ3n) is 2.26. The first-order chi connectivity index (χ1) is 7.24. The molecule has 0 radical (unpaired) electrons. The Morgan fingerprint density at radius 3 is 1.56 bits per heavy atom. The minimum absolute atomic E-state index is 0. The van der Waals surface area contributed by atoms with E-state index < -0.39 is 0 Å². The van der Waals surface area contributed by atoms with Crippen molar-refractivity contribution >= 4 is 19.2 Å². The molecule has 0 fully saturated rings. The molecule has 0 bridgehead atoms. The van der Waals surface area contributed by atoms with Crippen LogP contribution in [0.15, 0.2) is 48.5 Å². The van der Waals surface area contributed by atoms with E-state index in [0.717, 1.165) is 0 Å². The summed E-state index contributed by atoms with van der Waals surface area (Å²) in [4.78, 5) is 0. The van der Waals surface area contributed by atoms with Gasteiger partial charge in [0.1, 0.15) is 0 Å². The maximum atomic E-state index is 2.24. The minimum Gasteiger partial charge on any atom is -0.472 e. The molecule has 0 heterocycles. The first-order valence-corrected chi connectivity index (χ1v) is 5.98. The number of rotatable bonds is 2. The molecule has 0 saturated carbocycles. The molecule has 0 unspecified atom stereocenters. The van der Waals surface area contributed by atoms with Crippen LogP contribution in [-0.2, 0) is 0 Å².